The minimum atomic E-state index is -0.244. The fourth-order valence-corrected chi connectivity index (χ4v) is 9.06. The standard InChI is InChI=1S/C24H23N3O3S2/c28-17-7-5-16(6-8-17)26-18(29)12-27-23-22(32-24(27)30)20(15-2-1-9-25-11-15)19-13-3-4-14(10-13)21(19)31-23/h1-2,5-9,11,13-14,19-21,28H,3-4,10,12H2,(H,26,29)/t13?,14?,19?,20-,21?/m1/s1. The van der Waals surface area contributed by atoms with E-state index >= 15 is 0 Å². The predicted octanol–water partition coefficient (Wildman–Crippen LogP) is 4.30. The number of thiazole rings is 1. The van der Waals surface area contributed by atoms with Gasteiger partial charge < -0.3 is 10.4 Å². The number of pyridine rings is 1. The number of aromatic nitrogens is 2. The monoisotopic (exact) mass is 465 g/mol. The third-order valence-corrected chi connectivity index (χ3v) is 10.0. The molecule has 2 aromatic heterocycles. The molecule has 3 aromatic rings. The number of hydrogen-bond acceptors (Lipinski definition) is 6. The lowest BCUT2D eigenvalue weighted by Gasteiger charge is -2.40. The van der Waals surface area contributed by atoms with Crippen molar-refractivity contribution < 1.29 is 9.90 Å². The molecule has 3 aliphatic rings. The van der Waals surface area contributed by atoms with E-state index in [-0.39, 0.29) is 29.0 Å². The molecule has 3 heterocycles. The van der Waals surface area contributed by atoms with Crippen LogP contribution in [0.4, 0.5) is 5.69 Å². The van der Waals surface area contributed by atoms with Gasteiger partial charge in [0.2, 0.25) is 5.91 Å². The normalized spacial score (nSPS) is 27.7. The number of anilines is 1. The van der Waals surface area contributed by atoms with Crippen LogP contribution in [0.1, 0.15) is 35.6 Å². The summed E-state index contributed by atoms with van der Waals surface area (Å²) >= 11 is 3.12. The number of amides is 1. The Labute approximate surface area is 193 Å². The van der Waals surface area contributed by atoms with Crippen molar-refractivity contribution in [1.29, 1.82) is 0 Å². The van der Waals surface area contributed by atoms with Crippen molar-refractivity contribution in [2.24, 2.45) is 17.8 Å². The van der Waals surface area contributed by atoms with E-state index in [1.165, 1.54) is 48.3 Å². The van der Waals surface area contributed by atoms with Crippen LogP contribution in [0.2, 0.25) is 0 Å². The van der Waals surface area contributed by atoms with Crippen LogP contribution in [0.3, 0.4) is 0 Å². The topological polar surface area (TPSA) is 84.2 Å². The highest BCUT2D eigenvalue weighted by atomic mass is 32.2. The third-order valence-electron chi connectivity index (χ3n) is 7.19. The summed E-state index contributed by atoms with van der Waals surface area (Å²) in [7, 11) is 0. The molecule has 0 saturated heterocycles. The summed E-state index contributed by atoms with van der Waals surface area (Å²) in [5.41, 5.74) is 1.78. The molecule has 5 atom stereocenters. The van der Waals surface area contributed by atoms with Gasteiger partial charge in [0.1, 0.15) is 12.3 Å². The fraction of sp³-hybridized carbons (Fsp3) is 0.375. The van der Waals surface area contributed by atoms with Crippen LogP contribution < -0.4 is 10.2 Å². The number of benzene rings is 1. The molecule has 2 N–H and O–H groups in total. The van der Waals surface area contributed by atoms with Crippen molar-refractivity contribution >= 4 is 34.7 Å². The zero-order chi connectivity index (χ0) is 21.8. The number of hydrogen-bond donors (Lipinski definition) is 2. The number of thioether (sulfide) groups is 1. The predicted molar refractivity (Wildman–Crippen MR) is 125 cm³/mol. The van der Waals surface area contributed by atoms with Crippen molar-refractivity contribution in [1.82, 2.24) is 9.55 Å². The summed E-state index contributed by atoms with van der Waals surface area (Å²) in [6.45, 7) is -0.0101. The molecular weight excluding hydrogens is 442 g/mol. The van der Waals surface area contributed by atoms with Crippen molar-refractivity contribution in [3.63, 3.8) is 0 Å². The van der Waals surface area contributed by atoms with Gasteiger partial charge in [0.15, 0.2) is 0 Å². The Morgan fingerprint density at radius 1 is 1.19 bits per heavy atom. The first-order valence-electron chi connectivity index (χ1n) is 11.0. The number of rotatable bonds is 4. The molecule has 2 bridgehead atoms. The van der Waals surface area contributed by atoms with Gasteiger partial charge in [0, 0.05) is 34.1 Å². The van der Waals surface area contributed by atoms with Crippen LogP contribution in [0, 0.1) is 17.8 Å². The van der Waals surface area contributed by atoms with Gasteiger partial charge >= 0.3 is 4.87 Å². The van der Waals surface area contributed by atoms with Crippen molar-refractivity contribution in [2.45, 2.75) is 42.0 Å². The molecule has 0 radical (unpaired) electrons. The van der Waals surface area contributed by atoms with E-state index < -0.39 is 0 Å². The molecule has 2 fully saturated rings. The molecule has 8 heteroatoms. The van der Waals surface area contributed by atoms with Crippen LogP contribution in [0.5, 0.6) is 5.75 Å². The molecular formula is C24H23N3O3S2. The zero-order valence-corrected chi connectivity index (χ0v) is 18.9. The van der Waals surface area contributed by atoms with Gasteiger partial charge in [0.25, 0.3) is 0 Å². The van der Waals surface area contributed by atoms with Crippen LogP contribution >= 0.6 is 23.1 Å². The molecule has 6 nitrogen and oxygen atoms in total. The largest absolute Gasteiger partial charge is 0.508 e. The van der Waals surface area contributed by atoms with Crippen molar-refractivity contribution in [3.05, 3.63) is 68.9 Å². The molecule has 6 rings (SSSR count). The van der Waals surface area contributed by atoms with Crippen LogP contribution in [0.15, 0.2) is 58.6 Å². The Bertz CT molecular complexity index is 1220. The van der Waals surface area contributed by atoms with E-state index in [4.69, 9.17) is 0 Å². The molecule has 1 aliphatic heterocycles. The number of phenols is 1. The maximum absolute atomic E-state index is 13.1. The van der Waals surface area contributed by atoms with Gasteiger partial charge in [-0.3, -0.25) is 19.1 Å². The average molecular weight is 466 g/mol. The van der Waals surface area contributed by atoms with Crippen LogP contribution in [0.25, 0.3) is 0 Å². The molecule has 2 aliphatic carbocycles. The quantitative estimate of drug-likeness (QED) is 0.561. The summed E-state index contributed by atoms with van der Waals surface area (Å²) in [6, 6.07) is 10.4. The lowest BCUT2D eigenvalue weighted by atomic mass is 9.75. The first-order chi connectivity index (χ1) is 15.6. The van der Waals surface area contributed by atoms with Gasteiger partial charge in [-0.2, -0.15) is 0 Å². The fourth-order valence-electron chi connectivity index (χ4n) is 5.91. The van der Waals surface area contributed by atoms with Gasteiger partial charge in [-0.05, 0) is 72.9 Å². The van der Waals surface area contributed by atoms with Crippen molar-refractivity contribution in [2.75, 3.05) is 5.32 Å². The second kappa shape index (κ2) is 7.78. The SMILES string of the molecule is O=C(Cn1c2c(sc1=O)[C@H](c1cccnc1)C1C3CCC(C3)C1S2)Nc1ccc(O)cc1. The van der Waals surface area contributed by atoms with E-state index in [0.29, 0.717) is 28.7 Å². The molecule has 1 aromatic carbocycles. The smallest absolute Gasteiger partial charge is 0.308 e. The van der Waals surface area contributed by atoms with Crippen LogP contribution in [-0.4, -0.2) is 25.8 Å². The summed E-state index contributed by atoms with van der Waals surface area (Å²) in [4.78, 5) is 31.2. The summed E-state index contributed by atoms with van der Waals surface area (Å²) in [6.07, 6.45) is 7.56. The number of phenolic OH excluding ortho intramolecular Hbond substituents is 1. The Balaban J connectivity index is 1.35. The number of carbonyl (C=O) groups is 1. The zero-order valence-electron chi connectivity index (χ0n) is 17.3. The van der Waals surface area contributed by atoms with Crippen LogP contribution in [-0.2, 0) is 11.3 Å². The minimum Gasteiger partial charge on any atom is -0.508 e. The molecule has 4 unspecified atom stereocenters. The third kappa shape index (κ3) is 3.28. The van der Waals surface area contributed by atoms with E-state index in [0.717, 1.165) is 9.90 Å². The number of nitrogens with one attached hydrogen (secondary N) is 1. The van der Waals surface area contributed by atoms with Gasteiger partial charge in [0.05, 0.1) is 5.03 Å². The second-order valence-corrected chi connectivity index (χ2v) is 11.1. The Kier molecular flexibility index (Phi) is 4.87. The van der Waals surface area contributed by atoms with E-state index in [2.05, 4.69) is 16.4 Å². The number of nitrogens with zero attached hydrogens (tertiary/aromatic N) is 2. The van der Waals surface area contributed by atoms with E-state index in [9.17, 15) is 14.7 Å². The summed E-state index contributed by atoms with van der Waals surface area (Å²) in [5.74, 6) is 2.01. The molecule has 164 valence electrons. The summed E-state index contributed by atoms with van der Waals surface area (Å²) < 4.78 is 1.66. The average Bonchev–Trinajstić information content (AvgIpc) is 3.49. The minimum absolute atomic E-state index is 0.0101. The summed E-state index contributed by atoms with van der Waals surface area (Å²) in [5, 5.41) is 13.7. The number of fused-ring (bicyclic) bond motifs is 6. The van der Waals surface area contributed by atoms with E-state index in [1.807, 2.05) is 24.0 Å². The number of aromatic hydroxyl groups is 1. The maximum Gasteiger partial charge on any atom is 0.308 e. The Morgan fingerprint density at radius 3 is 2.78 bits per heavy atom. The lowest BCUT2D eigenvalue weighted by Crippen LogP contribution is -2.34. The highest BCUT2D eigenvalue weighted by molar-refractivity contribution is 8.00. The lowest BCUT2D eigenvalue weighted by molar-refractivity contribution is -0.116. The first kappa shape index (κ1) is 20.1. The molecule has 0 spiro atoms. The highest BCUT2D eigenvalue weighted by Crippen LogP contribution is 2.63. The maximum atomic E-state index is 13.1. The van der Waals surface area contributed by atoms with Gasteiger partial charge in [-0.15, -0.1) is 11.8 Å². The Hall–Kier alpha value is -2.58. The van der Waals surface area contributed by atoms with E-state index in [1.54, 1.807) is 22.9 Å². The Morgan fingerprint density at radius 2 is 2.00 bits per heavy atom. The first-order valence-corrected chi connectivity index (χ1v) is 12.7. The molecule has 1 amide bonds. The van der Waals surface area contributed by atoms with Gasteiger partial charge in [-0.25, -0.2) is 0 Å². The number of carbonyl (C=O) groups excluding carboxylic acids is 1. The van der Waals surface area contributed by atoms with Crippen molar-refractivity contribution in [3.8, 4) is 5.75 Å². The second-order valence-electron chi connectivity index (χ2n) is 8.98. The molecule has 32 heavy (non-hydrogen) atoms. The van der Waals surface area contributed by atoms with Gasteiger partial charge in [-0.1, -0.05) is 17.4 Å². The highest BCUT2D eigenvalue weighted by Gasteiger charge is 2.55. The molecule has 2 saturated carbocycles.